The third kappa shape index (κ3) is 22.1. The van der Waals surface area contributed by atoms with Crippen LogP contribution in [0.5, 0.6) is 5.75 Å². The average molecular weight is 825 g/mol. The van der Waals surface area contributed by atoms with Crippen LogP contribution in [0.15, 0.2) is 61.2 Å². The molecule has 10 nitrogen and oxygen atoms in total. The summed E-state index contributed by atoms with van der Waals surface area (Å²) in [5.74, 6) is 9.13. The van der Waals surface area contributed by atoms with Crippen molar-refractivity contribution in [3.05, 3.63) is 77.9 Å². The van der Waals surface area contributed by atoms with Crippen molar-refractivity contribution in [1.29, 1.82) is 0 Å². The molecule has 0 radical (unpaired) electrons. The van der Waals surface area contributed by atoms with Crippen LogP contribution in [-0.4, -0.2) is 55.8 Å². The highest BCUT2D eigenvalue weighted by Crippen LogP contribution is 2.28. The van der Waals surface area contributed by atoms with Gasteiger partial charge in [0.15, 0.2) is 6.61 Å². The van der Waals surface area contributed by atoms with Crippen molar-refractivity contribution in [3.63, 3.8) is 0 Å². The number of benzene rings is 2. The van der Waals surface area contributed by atoms with Gasteiger partial charge in [-0.25, -0.2) is 14.4 Å². The summed E-state index contributed by atoms with van der Waals surface area (Å²) in [6, 6.07) is 13.1. The molecule has 2 aromatic carbocycles. The van der Waals surface area contributed by atoms with E-state index in [1.54, 1.807) is 48.5 Å². The van der Waals surface area contributed by atoms with Crippen molar-refractivity contribution in [2.75, 3.05) is 19.8 Å². The Kier molecular flexibility index (Phi) is 25.0. The monoisotopic (exact) mass is 824 g/mol. The molecule has 324 valence electrons. The van der Waals surface area contributed by atoms with Crippen LogP contribution in [0.4, 0.5) is 0 Å². The first kappa shape index (κ1) is 49.0. The summed E-state index contributed by atoms with van der Waals surface area (Å²) < 4.78 is 26.7. The third-order valence-corrected chi connectivity index (χ3v) is 10.2. The Labute approximate surface area is 357 Å². The maximum Gasteiger partial charge on any atom is 0.390 e. The first-order chi connectivity index (χ1) is 29.3. The van der Waals surface area contributed by atoms with Gasteiger partial charge >= 0.3 is 29.8 Å². The second-order valence-electron chi connectivity index (χ2n) is 15.2. The molecule has 0 atom stereocenters. The van der Waals surface area contributed by atoms with E-state index in [2.05, 4.69) is 37.2 Å². The highest BCUT2D eigenvalue weighted by atomic mass is 16.6. The highest BCUT2D eigenvalue weighted by Gasteiger charge is 2.29. The van der Waals surface area contributed by atoms with Gasteiger partial charge in [-0.1, -0.05) is 115 Å². The Balaban J connectivity index is 1.24. The number of hydrogen-bond donors (Lipinski definition) is 0. The van der Waals surface area contributed by atoms with E-state index in [1.165, 1.54) is 44.9 Å². The van der Waals surface area contributed by atoms with Crippen molar-refractivity contribution in [1.82, 2.24) is 0 Å². The summed E-state index contributed by atoms with van der Waals surface area (Å²) in [7, 11) is 0. The Morgan fingerprint density at radius 1 is 0.650 bits per heavy atom. The van der Waals surface area contributed by atoms with Crippen molar-refractivity contribution in [2.24, 2.45) is 5.92 Å². The van der Waals surface area contributed by atoms with Crippen LogP contribution < -0.4 is 4.74 Å². The zero-order valence-electron chi connectivity index (χ0n) is 35.6. The van der Waals surface area contributed by atoms with Crippen molar-refractivity contribution >= 4 is 29.8 Å². The quantitative estimate of drug-likeness (QED) is 0.0226. The Morgan fingerprint density at radius 3 is 1.82 bits per heavy atom. The predicted molar refractivity (Wildman–Crippen MR) is 231 cm³/mol. The number of carbonyl (C=O) groups excluding carboxylic acids is 5. The first-order valence-corrected chi connectivity index (χ1v) is 22.0. The smallest absolute Gasteiger partial charge is 0.390 e. The molecule has 1 aliphatic rings. The van der Waals surface area contributed by atoms with E-state index in [9.17, 15) is 24.0 Å². The van der Waals surface area contributed by atoms with Crippen LogP contribution in [0, 0.1) is 29.6 Å². The lowest BCUT2D eigenvalue weighted by Crippen LogP contribution is -2.29. The van der Waals surface area contributed by atoms with Gasteiger partial charge in [0.25, 0.3) is 0 Å². The second kappa shape index (κ2) is 30.7. The number of rotatable bonds is 26. The largest absolute Gasteiger partial charge is 0.465 e. The summed E-state index contributed by atoms with van der Waals surface area (Å²) >= 11 is 0. The first-order valence-electron chi connectivity index (χ1n) is 22.0. The summed E-state index contributed by atoms with van der Waals surface area (Å²) in [4.78, 5) is 60.7. The minimum absolute atomic E-state index is 0.0246. The van der Waals surface area contributed by atoms with Gasteiger partial charge in [-0.05, 0) is 93.5 Å². The van der Waals surface area contributed by atoms with Gasteiger partial charge in [0.05, 0.1) is 24.7 Å². The van der Waals surface area contributed by atoms with E-state index in [0.717, 1.165) is 63.9 Å². The molecule has 3 rings (SSSR count). The fourth-order valence-corrected chi connectivity index (χ4v) is 6.70. The average Bonchev–Trinajstić information content (AvgIpc) is 3.26. The van der Waals surface area contributed by atoms with Gasteiger partial charge in [0, 0.05) is 29.5 Å². The molecule has 1 saturated carbocycles. The Bertz CT molecular complexity index is 1730. The van der Waals surface area contributed by atoms with E-state index in [1.807, 2.05) is 0 Å². The molecule has 1 fully saturated rings. The maximum absolute atomic E-state index is 12.8. The standard InChI is InChI=1S/C50H64O10/c1-3-5-6-7-8-9-10-11-14-17-22-47(52)57-39-20-21-40-25-32-44(33-26-40)59-48(53)36-27-41-23-28-43(29-24-41)50(55)60-45-34-30-42(31-35-45)49(54)58-38-19-16-13-12-15-18-37-56-46(51)4-2/h4,23-26,28-29,32-33,42,45H,2-3,5-19,22,30-31,34-35,37-39H2,1H3. The number of unbranched alkanes of at least 4 members (excludes halogenated alkanes) is 14. The fourth-order valence-electron chi connectivity index (χ4n) is 6.70. The zero-order chi connectivity index (χ0) is 43.0. The fraction of sp³-hybridized carbons (Fsp3) is 0.540. The molecule has 0 saturated heterocycles. The molecule has 0 N–H and O–H groups in total. The summed E-state index contributed by atoms with van der Waals surface area (Å²) in [5, 5.41) is 0. The van der Waals surface area contributed by atoms with Crippen LogP contribution in [0.25, 0.3) is 0 Å². The Morgan fingerprint density at radius 2 is 1.20 bits per heavy atom. The van der Waals surface area contributed by atoms with E-state index >= 15 is 0 Å². The molecule has 60 heavy (non-hydrogen) atoms. The SMILES string of the molecule is C=CC(=O)OCCCCCCCCOC(=O)C1CCC(OC(=O)c2ccc(C#CC(=O)Oc3ccc(C#CCOC(=O)CCCCCCCCCCCC)cc3)cc2)CC1. The lowest BCUT2D eigenvalue weighted by Gasteiger charge is -2.27. The Hall–Kier alpha value is -5.35. The summed E-state index contributed by atoms with van der Waals surface area (Å²) in [6.45, 7) is 6.44. The normalized spacial score (nSPS) is 14.3. The van der Waals surface area contributed by atoms with Gasteiger partial charge < -0.3 is 23.7 Å². The second-order valence-corrected chi connectivity index (χ2v) is 15.2. The molecule has 1 aliphatic carbocycles. The van der Waals surface area contributed by atoms with E-state index in [4.69, 9.17) is 23.7 Å². The third-order valence-electron chi connectivity index (χ3n) is 10.2. The molecule has 0 amide bonds. The number of hydrogen-bond acceptors (Lipinski definition) is 10. The molecule has 0 spiro atoms. The van der Waals surface area contributed by atoms with Gasteiger partial charge in [-0.3, -0.25) is 9.59 Å². The number of carbonyl (C=O) groups is 5. The number of esters is 5. The minimum Gasteiger partial charge on any atom is -0.465 e. The van der Waals surface area contributed by atoms with Gasteiger partial charge in [0.2, 0.25) is 0 Å². The highest BCUT2D eigenvalue weighted by molar-refractivity contribution is 5.91. The van der Waals surface area contributed by atoms with Crippen LogP contribution in [0.3, 0.4) is 0 Å². The molecular weight excluding hydrogens is 761 g/mol. The van der Waals surface area contributed by atoms with Crippen LogP contribution >= 0.6 is 0 Å². The summed E-state index contributed by atoms with van der Waals surface area (Å²) in [5.41, 5.74) is 1.58. The van der Waals surface area contributed by atoms with Crippen LogP contribution in [-0.2, 0) is 38.1 Å². The molecule has 10 heteroatoms. The van der Waals surface area contributed by atoms with Crippen LogP contribution in [0.1, 0.15) is 163 Å². The summed E-state index contributed by atoms with van der Waals surface area (Å²) in [6.07, 6.45) is 21.5. The molecule has 0 bridgehead atoms. The topological polar surface area (TPSA) is 132 Å². The molecule has 0 heterocycles. The lowest BCUT2D eigenvalue weighted by atomic mass is 9.87. The zero-order valence-corrected chi connectivity index (χ0v) is 35.6. The minimum atomic E-state index is -0.736. The van der Waals surface area contributed by atoms with E-state index < -0.39 is 17.9 Å². The predicted octanol–water partition coefficient (Wildman–Crippen LogP) is 10.2. The van der Waals surface area contributed by atoms with Crippen molar-refractivity contribution in [3.8, 4) is 29.4 Å². The van der Waals surface area contributed by atoms with Crippen molar-refractivity contribution < 1.29 is 47.7 Å². The van der Waals surface area contributed by atoms with Gasteiger partial charge in [-0.15, -0.1) is 0 Å². The maximum atomic E-state index is 12.8. The molecule has 0 unspecified atom stereocenters. The molecular formula is C50H64O10. The van der Waals surface area contributed by atoms with E-state index in [0.29, 0.717) is 67.8 Å². The van der Waals surface area contributed by atoms with Gasteiger partial charge in [-0.2, -0.15) is 0 Å². The lowest BCUT2D eigenvalue weighted by molar-refractivity contribution is -0.150. The molecule has 0 aromatic heterocycles. The van der Waals surface area contributed by atoms with E-state index in [-0.39, 0.29) is 30.6 Å². The van der Waals surface area contributed by atoms with Gasteiger partial charge in [0.1, 0.15) is 11.9 Å². The molecule has 0 aliphatic heterocycles. The van der Waals surface area contributed by atoms with Crippen molar-refractivity contribution in [2.45, 2.75) is 148 Å². The molecule has 2 aromatic rings. The number of ether oxygens (including phenoxy) is 5. The van der Waals surface area contributed by atoms with Crippen LogP contribution in [0.2, 0.25) is 0 Å².